The Labute approximate surface area is 222 Å². The molecule has 0 radical (unpaired) electrons. The minimum Gasteiger partial charge on any atom is -0.490 e. The van der Waals surface area contributed by atoms with Gasteiger partial charge >= 0.3 is 5.97 Å². The number of carbonyl (C=O) groups is 1. The van der Waals surface area contributed by atoms with Gasteiger partial charge in [0.1, 0.15) is 24.0 Å². The molecule has 0 spiro atoms. The van der Waals surface area contributed by atoms with E-state index in [0.29, 0.717) is 38.2 Å². The van der Waals surface area contributed by atoms with Crippen molar-refractivity contribution in [3.8, 4) is 17.6 Å². The van der Waals surface area contributed by atoms with Crippen molar-refractivity contribution in [3.05, 3.63) is 78.8 Å². The highest BCUT2D eigenvalue weighted by molar-refractivity contribution is 9.10. The number of hydrogen-bond donors (Lipinski definition) is 1. The Bertz CT molecular complexity index is 1250. The first-order valence-electron chi connectivity index (χ1n) is 10.7. The van der Waals surface area contributed by atoms with Crippen molar-refractivity contribution >= 4 is 45.1 Å². The van der Waals surface area contributed by atoms with Crippen LogP contribution in [0.1, 0.15) is 37.8 Å². The maximum Gasteiger partial charge on any atom is 0.338 e. The van der Waals surface area contributed by atoms with Gasteiger partial charge in [0.2, 0.25) is 5.88 Å². The average Bonchev–Trinajstić information content (AvgIpc) is 2.79. The molecule has 0 amide bonds. The quantitative estimate of drug-likeness (QED) is 0.361. The van der Waals surface area contributed by atoms with Gasteiger partial charge in [-0.2, -0.15) is 5.26 Å². The van der Waals surface area contributed by atoms with Crippen LogP contribution in [0.15, 0.2) is 57.6 Å². The molecule has 0 bridgehead atoms. The minimum atomic E-state index is -0.817. The van der Waals surface area contributed by atoms with Crippen molar-refractivity contribution in [2.45, 2.75) is 33.3 Å². The van der Waals surface area contributed by atoms with E-state index in [2.05, 4.69) is 22.0 Å². The Balaban J connectivity index is 2.07. The monoisotopic (exact) mass is 580 g/mol. The predicted molar refractivity (Wildman–Crippen MR) is 136 cm³/mol. The second kappa shape index (κ2) is 11.7. The van der Waals surface area contributed by atoms with E-state index >= 15 is 0 Å². The number of benzene rings is 2. The Morgan fingerprint density at radius 2 is 1.94 bits per heavy atom. The Morgan fingerprint density at radius 3 is 2.57 bits per heavy atom. The minimum absolute atomic E-state index is 0.0742. The van der Waals surface area contributed by atoms with Crippen LogP contribution in [0.4, 0.5) is 0 Å². The molecule has 1 aliphatic heterocycles. The highest BCUT2D eigenvalue weighted by Crippen LogP contribution is 2.45. The van der Waals surface area contributed by atoms with Gasteiger partial charge in [0.05, 0.1) is 29.2 Å². The standard InChI is InChI=1S/C25H23BrCl2N2O5/c1-4-32-20-9-15(8-18(26)23(20)34-12-14-6-7-16(27)10-19(14)28)22-17(11-29)24(30)35-13(3)21(22)25(31)33-5-2/h6-10,22H,4-5,12,30H2,1-3H3. The molecule has 0 saturated heterocycles. The molecule has 1 aliphatic rings. The van der Waals surface area contributed by atoms with Crippen LogP contribution in [0.3, 0.4) is 0 Å². The zero-order chi connectivity index (χ0) is 25.7. The number of ether oxygens (including phenoxy) is 4. The first-order valence-corrected chi connectivity index (χ1v) is 12.2. The Kier molecular flexibility index (Phi) is 8.95. The largest absolute Gasteiger partial charge is 0.490 e. The van der Waals surface area contributed by atoms with Crippen molar-refractivity contribution in [2.75, 3.05) is 13.2 Å². The van der Waals surface area contributed by atoms with Gasteiger partial charge in [0.15, 0.2) is 11.5 Å². The van der Waals surface area contributed by atoms with Crippen molar-refractivity contribution in [1.29, 1.82) is 5.26 Å². The number of nitrogens with two attached hydrogens (primary N) is 1. The first kappa shape index (κ1) is 26.7. The van der Waals surface area contributed by atoms with E-state index in [4.69, 9.17) is 47.9 Å². The number of carbonyl (C=O) groups excluding carboxylic acids is 1. The molecule has 2 aromatic rings. The van der Waals surface area contributed by atoms with E-state index in [1.165, 1.54) is 0 Å². The number of nitriles is 1. The van der Waals surface area contributed by atoms with Gasteiger partial charge in [-0.3, -0.25) is 0 Å². The summed E-state index contributed by atoms with van der Waals surface area (Å²) in [7, 11) is 0. The van der Waals surface area contributed by atoms with Crippen LogP contribution in [0.25, 0.3) is 0 Å². The number of esters is 1. The smallest absolute Gasteiger partial charge is 0.338 e. The lowest BCUT2D eigenvalue weighted by Crippen LogP contribution is -2.25. The topological polar surface area (TPSA) is 104 Å². The molecule has 1 atom stereocenters. The van der Waals surface area contributed by atoms with E-state index in [1.54, 1.807) is 44.2 Å². The second-order valence-corrected chi connectivity index (χ2v) is 9.10. The number of halogens is 3. The fourth-order valence-corrected chi connectivity index (χ4v) is 4.67. The van der Waals surface area contributed by atoms with E-state index in [0.717, 1.165) is 5.56 Å². The molecular weight excluding hydrogens is 559 g/mol. The molecular formula is C25H23BrCl2N2O5. The van der Waals surface area contributed by atoms with Gasteiger partial charge in [0.25, 0.3) is 0 Å². The van der Waals surface area contributed by atoms with Crippen LogP contribution in [0.2, 0.25) is 10.0 Å². The lowest BCUT2D eigenvalue weighted by molar-refractivity contribution is -0.139. The highest BCUT2D eigenvalue weighted by Gasteiger charge is 2.37. The average molecular weight is 582 g/mol. The van der Waals surface area contributed by atoms with Gasteiger partial charge in [-0.05, 0) is 66.5 Å². The molecule has 0 fully saturated rings. The molecule has 3 rings (SSSR count). The van der Waals surface area contributed by atoms with Crippen molar-refractivity contribution in [2.24, 2.45) is 5.73 Å². The van der Waals surface area contributed by atoms with Crippen LogP contribution in [0, 0.1) is 11.3 Å². The van der Waals surface area contributed by atoms with E-state index in [9.17, 15) is 10.1 Å². The Morgan fingerprint density at radius 1 is 1.20 bits per heavy atom. The van der Waals surface area contributed by atoms with E-state index in [1.807, 2.05) is 6.92 Å². The summed E-state index contributed by atoms with van der Waals surface area (Å²) in [5.74, 6) is -0.385. The summed E-state index contributed by atoms with van der Waals surface area (Å²) in [5, 5.41) is 10.8. The molecule has 1 unspecified atom stereocenters. The molecule has 2 aromatic carbocycles. The van der Waals surface area contributed by atoms with Crippen molar-refractivity contribution < 1.29 is 23.7 Å². The molecule has 0 aliphatic carbocycles. The summed E-state index contributed by atoms with van der Waals surface area (Å²) in [6.45, 7) is 5.81. The third-order valence-electron chi connectivity index (χ3n) is 5.15. The first-order chi connectivity index (χ1) is 16.7. The molecule has 0 saturated carbocycles. The molecule has 10 heteroatoms. The predicted octanol–water partition coefficient (Wildman–Crippen LogP) is 6.38. The number of allylic oxidation sites excluding steroid dienone is 2. The van der Waals surface area contributed by atoms with Crippen LogP contribution in [0.5, 0.6) is 11.5 Å². The lowest BCUT2D eigenvalue weighted by Gasteiger charge is -2.27. The summed E-state index contributed by atoms with van der Waals surface area (Å²) in [5.41, 5.74) is 7.60. The van der Waals surface area contributed by atoms with Crippen molar-refractivity contribution in [1.82, 2.24) is 0 Å². The van der Waals surface area contributed by atoms with Gasteiger partial charge in [0, 0.05) is 15.6 Å². The lowest BCUT2D eigenvalue weighted by atomic mass is 9.83. The SMILES string of the molecule is CCOC(=O)C1=C(C)OC(N)=C(C#N)C1c1cc(Br)c(OCc2ccc(Cl)cc2Cl)c(OCC)c1. The zero-order valence-electron chi connectivity index (χ0n) is 19.3. The summed E-state index contributed by atoms with van der Waals surface area (Å²) in [6.07, 6.45) is 0. The van der Waals surface area contributed by atoms with Crippen LogP contribution in [-0.2, 0) is 20.9 Å². The zero-order valence-corrected chi connectivity index (χ0v) is 22.4. The highest BCUT2D eigenvalue weighted by atomic mass is 79.9. The van der Waals surface area contributed by atoms with Gasteiger partial charge in [-0.15, -0.1) is 0 Å². The number of hydrogen-bond acceptors (Lipinski definition) is 7. The van der Waals surface area contributed by atoms with E-state index in [-0.39, 0.29) is 36.0 Å². The van der Waals surface area contributed by atoms with Gasteiger partial charge in [-0.1, -0.05) is 29.3 Å². The fourth-order valence-electron chi connectivity index (χ4n) is 3.63. The Hall–Kier alpha value is -2.86. The fraction of sp³-hybridized carbons (Fsp3) is 0.280. The molecule has 1 heterocycles. The number of rotatable bonds is 8. The summed E-state index contributed by atoms with van der Waals surface area (Å²) >= 11 is 15.8. The molecule has 35 heavy (non-hydrogen) atoms. The molecule has 7 nitrogen and oxygen atoms in total. The van der Waals surface area contributed by atoms with Crippen LogP contribution < -0.4 is 15.2 Å². The number of nitrogens with zero attached hydrogens (tertiary/aromatic N) is 1. The normalized spacial score (nSPS) is 15.4. The van der Waals surface area contributed by atoms with Crippen LogP contribution in [-0.4, -0.2) is 19.2 Å². The van der Waals surface area contributed by atoms with Crippen LogP contribution >= 0.6 is 39.1 Å². The maximum absolute atomic E-state index is 12.8. The summed E-state index contributed by atoms with van der Waals surface area (Å²) < 4.78 is 23.2. The summed E-state index contributed by atoms with van der Waals surface area (Å²) in [4.78, 5) is 12.8. The van der Waals surface area contributed by atoms with Crippen molar-refractivity contribution in [3.63, 3.8) is 0 Å². The maximum atomic E-state index is 12.8. The molecule has 0 aromatic heterocycles. The van der Waals surface area contributed by atoms with Gasteiger partial charge < -0.3 is 24.7 Å². The molecule has 184 valence electrons. The van der Waals surface area contributed by atoms with E-state index < -0.39 is 11.9 Å². The third kappa shape index (κ3) is 5.87. The molecule has 2 N–H and O–H groups in total. The summed E-state index contributed by atoms with van der Waals surface area (Å²) in [6, 6.07) is 10.7. The third-order valence-corrected chi connectivity index (χ3v) is 6.33. The second-order valence-electron chi connectivity index (χ2n) is 7.40. The van der Waals surface area contributed by atoms with Gasteiger partial charge in [-0.25, -0.2) is 4.79 Å².